The molecule has 21 heavy (non-hydrogen) atoms. The second kappa shape index (κ2) is 7.26. The van der Waals surface area contributed by atoms with Gasteiger partial charge in [0.05, 0.1) is 10.7 Å². The molecule has 1 aromatic carbocycles. The number of nitrogens with one attached hydrogen (secondary N) is 1. The summed E-state index contributed by atoms with van der Waals surface area (Å²) in [6.07, 6.45) is 4.51. The molecule has 2 rings (SSSR count). The molecule has 0 bridgehead atoms. The van der Waals surface area contributed by atoms with E-state index in [0.29, 0.717) is 12.1 Å². The summed E-state index contributed by atoms with van der Waals surface area (Å²) >= 11 is 3.36. The number of aromatic nitrogens is 2. The molecule has 1 amide bonds. The van der Waals surface area contributed by atoms with E-state index in [2.05, 4.69) is 26.3 Å². The topological polar surface area (TPSA) is 50.2 Å². The number of benzene rings is 1. The minimum absolute atomic E-state index is 0.0413. The third kappa shape index (κ3) is 4.60. The summed E-state index contributed by atoms with van der Waals surface area (Å²) in [5.41, 5.74) is 1.70. The van der Waals surface area contributed by atoms with Crippen LogP contribution in [0.25, 0.3) is 0 Å². The monoisotopic (exact) mass is 350 g/mol. The van der Waals surface area contributed by atoms with E-state index in [1.54, 1.807) is 6.20 Å². The largest absolute Gasteiger partial charge is 0.378 e. The van der Waals surface area contributed by atoms with Crippen LogP contribution in [-0.4, -0.2) is 36.3 Å². The van der Waals surface area contributed by atoms with Crippen molar-refractivity contribution in [2.45, 2.75) is 13.0 Å². The summed E-state index contributed by atoms with van der Waals surface area (Å²) < 4.78 is 2.81. The number of anilines is 1. The van der Waals surface area contributed by atoms with Gasteiger partial charge in [0.15, 0.2) is 0 Å². The molecule has 6 heteroatoms. The molecular formula is C15H19BrN4O. The Hall–Kier alpha value is -1.82. The molecule has 1 N–H and O–H groups in total. The van der Waals surface area contributed by atoms with Crippen molar-refractivity contribution in [2.75, 3.05) is 25.5 Å². The zero-order valence-corrected chi connectivity index (χ0v) is 13.8. The van der Waals surface area contributed by atoms with Crippen molar-refractivity contribution in [3.05, 3.63) is 46.7 Å². The number of amides is 1. The van der Waals surface area contributed by atoms with Gasteiger partial charge in [-0.15, -0.1) is 0 Å². The van der Waals surface area contributed by atoms with Gasteiger partial charge in [-0.2, -0.15) is 5.10 Å². The Morgan fingerprint density at radius 1 is 1.43 bits per heavy atom. The second-order valence-electron chi connectivity index (χ2n) is 4.98. The normalized spacial score (nSPS) is 10.4. The SMILES string of the molecule is CN(C)c1cccc(C(=O)NCCCn2cc(Br)cn2)c1. The second-order valence-corrected chi connectivity index (χ2v) is 5.89. The van der Waals surface area contributed by atoms with Gasteiger partial charge in [0.2, 0.25) is 0 Å². The lowest BCUT2D eigenvalue weighted by molar-refractivity contribution is 0.0952. The van der Waals surface area contributed by atoms with E-state index in [1.165, 1.54) is 0 Å². The van der Waals surface area contributed by atoms with Crippen LogP contribution in [0.3, 0.4) is 0 Å². The van der Waals surface area contributed by atoms with Crippen LogP contribution >= 0.6 is 15.9 Å². The molecule has 0 radical (unpaired) electrons. The van der Waals surface area contributed by atoms with Gasteiger partial charge in [-0.05, 0) is 40.5 Å². The molecule has 0 aliphatic heterocycles. The maximum Gasteiger partial charge on any atom is 0.251 e. The number of rotatable bonds is 6. The third-order valence-corrected chi connectivity index (χ3v) is 3.49. The minimum atomic E-state index is -0.0413. The van der Waals surface area contributed by atoms with E-state index < -0.39 is 0 Å². The lowest BCUT2D eigenvalue weighted by Gasteiger charge is -2.13. The molecule has 0 saturated carbocycles. The summed E-state index contributed by atoms with van der Waals surface area (Å²) in [6, 6.07) is 7.59. The van der Waals surface area contributed by atoms with Crippen molar-refractivity contribution < 1.29 is 4.79 Å². The molecule has 0 aliphatic rings. The van der Waals surface area contributed by atoms with Gasteiger partial charge in [-0.25, -0.2) is 0 Å². The standard InChI is InChI=1S/C15H19BrN4O/c1-19(2)14-6-3-5-12(9-14)15(21)17-7-4-8-20-11-13(16)10-18-20/h3,5-6,9-11H,4,7-8H2,1-2H3,(H,17,21). The highest BCUT2D eigenvalue weighted by molar-refractivity contribution is 9.10. The molecule has 0 saturated heterocycles. The van der Waals surface area contributed by atoms with Gasteiger partial charge in [-0.3, -0.25) is 9.48 Å². The lowest BCUT2D eigenvalue weighted by Crippen LogP contribution is -2.25. The van der Waals surface area contributed by atoms with Crippen molar-refractivity contribution in [1.29, 1.82) is 0 Å². The predicted octanol–water partition coefficient (Wildman–Crippen LogP) is 2.53. The highest BCUT2D eigenvalue weighted by atomic mass is 79.9. The average Bonchev–Trinajstić information content (AvgIpc) is 2.89. The Labute approximate surface area is 133 Å². The maximum absolute atomic E-state index is 12.1. The molecule has 112 valence electrons. The van der Waals surface area contributed by atoms with Crippen LogP contribution < -0.4 is 10.2 Å². The molecule has 0 aliphatic carbocycles. The fourth-order valence-electron chi connectivity index (χ4n) is 1.93. The first-order chi connectivity index (χ1) is 10.1. The van der Waals surface area contributed by atoms with E-state index in [-0.39, 0.29) is 5.91 Å². The molecule has 2 aromatic rings. The summed E-state index contributed by atoms with van der Waals surface area (Å²) in [6.45, 7) is 1.41. The van der Waals surface area contributed by atoms with Crippen LogP contribution in [0.4, 0.5) is 5.69 Å². The quantitative estimate of drug-likeness (QED) is 0.814. The molecule has 1 aromatic heterocycles. The van der Waals surface area contributed by atoms with Gasteiger partial charge in [0, 0.05) is 44.6 Å². The van der Waals surface area contributed by atoms with Crippen LogP contribution in [0.15, 0.2) is 41.1 Å². The predicted molar refractivity (Wildman–Crippen MR) is 87.6 cm³/mol. The summed E-state index contributed by atoms with van der Waals surface area (Å²) in [7, 11) is 3.92. The number of carbonyl (C=O) groups excluding carboxylic acids is 1. The Morgan fingerprint density at radius 3 is 2.90 bits per heavy atom. The maximum atomic E-state index is 12.1. The zero-order chi connectivity index (χ0) is 15.2. The first-order valence-electron chi connectivity index (χ1n) is 6.80. The van der Waals surface area contributed by atoms with Gasteiger partial charge < -0.3 is 10.2 Å². The van der Waals surface area contributed by atoms with Crippen molar-refractivity contribution in [3.8, 4) is 0 Å². The first kappa shape index (κ1) is 15.6. The molecule has 1 heterocycles. The zero-order valence-electron chi connectivity index (χ0n) is 12.2. The van der Waals surface area contributed by atoms with Crippen LogP contribution in [0.5, 0.6) is 0 Å². The first-order valence-corrected chi connectivity index (χ1v) is 7.59. The van der Waals surface area contributed by atoms with Gasteiger partial charge in [0.1, 0.15) is 0 Å². The average molecular weight is 351 g/mol. The number of hydrogen-bond donors (Lipinski definition) is 1. The molecular weight excluding hydrogens is 332 g/mol. The highest BCUT2D eigenvalue weighted by Crippen LogP contribution is 2.13. The van der Waals surface area contributed by atoms with E-state index in [9.17, 15) is 4.79 Å². The van der Waals surface area contributed by atoms with Crippen molar-refractivity contribution in [1.82, 2.24) is 15.1 Å². The molecule has 0 unspecified atom stereocenters. The van der Waals surface area contributed by atoms with Crippen molar-refractivity contribution in [3.63, 3.8) is 0 Å². The fourth-order valence-corrected chi connectivity index (χ4v) is 2.26. The highest BCUT2D eigenvalue weighted by Gasteiger charge is 2.06. The molecule has 0 fully saturated rings. The van der Waals surface area contributed by atoms with Crippen LogP contribution in [0, 0.1) is 0 Å². The Bertz CT molecular complexity index is 609. The van der Waals surface area contributed by atoms with E-state index in [1.807, 2.05) is 54.1 Å². The van der Waals surface area contributed by atoms with Gasteiger partial charge in [-0.1, -0.05) is 6.07 Å². The molecule has 5 nitrogen and oxygen atoms in total. The minimum Gasteiger partial charge on any atom is -0.378 e. The van der Waals surface area contributed by atoms with E-state index >= 15 is 0 Å². The van der Waals surface area contributed by atoms with Crippen LogP contribution in [0.2, 0.25) is 0 Å². The van der Waals surface area contributed by atoms with Gasteiger partial charge >= 0.3 is 0 Å². The van der Waals surface area contributed by atoms with E-state index in [0.717, 1.165) is 23.1 Å². The molecule has 0 atom stereocenters. The number of halogens is 1. The number of hydrogen-bond acceptors (Lipinski definition) is 3. The van der Waals surface area contributed by atoms with Crippen molar-refractivity contribution >= 4 is 27.5 Å². The third-order valence-electron chi connectivity index (χ3n) is 3.08. The summed E-state index contributed by atoms with van der Waals surface area (Å²) in [5, 5.41) is 7.11. The Morgan fingerprint density at radius 2 is 2.24 bits per heavy atom. The van der Waals surface area contributed by atoms with Crippen molar-refractivity contribution in [2.24, 2.45) is 0 Å². The number of aryl methyl sites for hydroxylation is 1. The Balaban J connectivity index is 1.80. The summed E-state index contributed by atoms with van der Waals surface area (Å²) in [5.74, 6) is -0.0413. The summed E-state index contributed by atoms with van der Waals surface area (Å²) in [4.78, 5) is 14.1. The van der Waals surface area contributed by atoms with Crippen LogP contribution in [0.1, 0.15) is 16.8 Å². The number of nitrogens with zero attached hydrogens (tertiary/aromatic N) is 3. The fraction of sp³-hybridized carbons (Fsp3) is 0.333. The van der Waals surface area contributed by atoms with E-state index in [4.69, 9.17) is 0 Å². The molecule has 0 spiro atoms. The smallest absolute Gasteiger partial charge is 0.251 e. The lowest BCUT2D eigenvalue weighted by atomic mass is 10.2. The van der Waals surface area contributed by atoms with Crippen LogP contribution in [-0.2, 0) is 6.54 Å². The Kier molecular flexibility index (Phi) is 5.38. The number of carbonyl (C=O) groups is 1. The van der Waals surface area contributed by atoms with Gasteiger partial charge in [0.25, 0.3) is 5.91 Å².